The highest BCUT2D eigenvalue weighted by atomic mass is 32.2. The van der Waals surface area contributed by atoms with Crippen molar-refractivity contribution in [1.82, 2.24) is 4.72 Å². The first-order valence-corrected chi connectivity index (χ1v) is 9.91. The summed E-state index contributed by atoms with van der Waals surface area (Å²) in [6.07, 6.45) is 2.33. The number of hydrogen-bond acceptors (Lipinski definition) is 4. The Morgan fingerprint density at radius 3 is 1.96 bits per heavy atom. The molecule has 3 rings (SSSR count). The molecule has 0 atom stereocenters. The molecule has 0 spiro atoms. The van der Waals surface area contributed by atoms with E-state index in [2.05, 4.69) is 4.72 Å². The smallest absolute Gasteiger partial charge is 0.240 e. The Kier molecular flexibility index (Phi) is 5.42. The molecule has 1 fully saturated rings. The van der Waals surface area contributed by atoms with E-state index in [1.807, 2.05) is 24.3 Å². The van der Waals surface area contributed by atoms with Crippen molar-refractivity contribution >= 4 is 10.0 Å². The number of ether oxygens (including phenoxy) is 1. The number of benzene rings is 2. The second-order valence-corrected chi connectivity index (χ2v) is 8.09. The van der Waals surface area contributed by atoms with E-state index in [1.165, 1.54) is 0 Å². The molecule has 2 aromatic rings. The Balaban J connectivity index is 1.72. The monoisotopic (exact) mass is 361 g/mol. The lowest BCUT2D eigenvalue weighted by atomic mass is 9.94. The summed E-state index contributed by atoms with van der Waals surface area (Å²) in [5, 5.41) is 9.53. The molecule has 0 amide bonds. The molecule has 134 valence electrons. The minimum Gasteiger partial charge on any atom is -0.497 e. The summed E-state index contributed by atoms with van der Waals surface area (Å²) in [4.78, 5) is 0.260. The van der Waals surface area contributed by atoms with E-state index in [0.29, 0.717) is 25.7 Å². The summed E-state index contributed by atoms with van der Waals surface area (Å²) in [6.45, 7) is 0. The zero-order valence-electron chi connectivity index (χ0n) is 14.2. The lowest BCUT2D eigenvalue weighted by molar-refractivity contribution is 0.120. The first kappa shape index (κ1) is 17.9. The van der Waals surface area contributed by atoms with E-state index in [9.17, 15) is 13.5 Å². The molecule has 0 radical (unpaired) electrons. The molecule has 6 heteroatoms. The van der Waals surface area contributed by atoms with E-state index < -0.39 is 10.0 Å². The van der Waals surface area contributed by atoms with Gasteiger partial charge in [-0.3, -0.25) is 0 Å². The highest BCUT2D eigenvalue weighted by Crippen LogP contribution is 2.25. The van der Waals surface area contributed by atoms with Crippen LogP contribution in [-0.4, -0.2) is 32.8 Å². The van der Waals surface area contributed by atoms with Gasteiger partial charge in [0.15, 0.2) is 0 Å². The topological polar surface area (TPSA) is 75.6 Å². The fourth-order valence-electron chi connectivity index (χ4n) is 3.09. The second-order valence-electron chi connectivity index (χ2n) is 6.38. The molecular formula is C19H23NO4S. The van der Waals surface area contributed by atoms with Crippen LogP contribution in [0.25, 0.3) is 11.1 Å². The summed E-state index contributed by atoms with van der Waals surface area (Å²) in [5.74, 6) is 0.782. The number of aliphatic hydroxyl groups is 1. The lowest BCUT2D eigenvalue weighted by Crippen LogP contribution is -2.38. The van der Waals surface area contributed by atoms with E-state index in [0.717, 1.165) is 16.9 Å². The Bertz CT molecular complexity index is 792. The SMILES string of the molecule is COc1ccc(-c2ccc(S(=O)(=O)N[C@H]3CC[C@H](O)CC3)cc2)cc1. The van der Waals surface area contributed by atoms with Crippen molar-refractivity contribution in [1.29, 1.82) is 0 Å². The number of methoxy groups -OCH3 is 1. The Morgan fingerprint density at radius 1 is 0.920 bits per heavy atom. The first-order chi connectivity index (χ1) is 12.0. The van der Waals surface area contributed by atoms with Crippen LogP contribution >= 0.6 is 0 Å². The first-order valence-electron chi connectivity index (χ1n) is 8.43. The van der Waals surface area contributed by atoms with Gasteiger partial charge in [-0.25, -0.2) is 13.1 Å². The van der Waals surface area contributed by atoms with Crippen LogP contribution < -0.4 is 9.46 Å². The summed E-state index contributed by atoms with van der Waals surface area (Å²) in [6, 6.07) is 14.4. The van der Waals surface area contributed by atoms with Crippen molar-refractivity contribution < 1.29 is 18.3 Å². The predicted octanol–water partition coefficient (Wildman–Crippen LogP) is 2.94. The summed E-state index contributed by atoms with van der Waals surface area (Å²) in [7, 11) is -1.92. The largest absolute Gasteiger partial charge is 0.497 e. The highest BCUT2D eigenvalue weighted by Gasteiger charge is 2.24. The normalized spacial score (nSPS) is 21.0. The van der Waals surface area contributed by atoms with Gasteiger partial charge >= 0.3 is 0 Å². The van der Waals surface area contributed by atoms with Gasteiger partial charge in [-0.1, -0.05) is 24.3 Å². The van der Waals surface area contributed by atoms with Crippen LogP contribution in [0.4, 0.5) is 0 Å². The molecule has 1 aliphatic rings. The second kappa shape index (κ2) is 7.56. The van der Waals surface area contributed by atoms with Gasteiger partial charge in [0.05, 0.1) is 18.1 Å². The zero-order chi connectivity index (χ0) is 17.9. The Labute approximate surface area is 148 Å². The molecule has 2 N–H and O–H groups in total. The van der Waals surface area contributed by atoms with E-state index in [4.69, 9.17) is 4.74 Å². The summed E-state index contributed by atoms with van der Waals surface area (Å²) in [5.41, 5.74) is 1.95. The Morgan fingerprint density at radius 2 is 1.44 bits per heavy atom. The van der Waals surface area contributed by atoms with E-state index in [1.54, 1.807) is 31.4 Å². The van der Waals surface area contributed by atoms with E-state index in [-0.39, 0.29) is 17.0 Å². The molecule has 0 unspecified atom stereocenters. The molecule has 1 aliphatic carbocycles. The van der Waals surface area contributed by atoms with Crippen LogP contribution in [0.3, 0.4) is 0 Å². The quantitative estimate of drug-likeness (QED) is 0.858. The summed E-state index contributed by atoms with van der Waals surface area (Å²) < 4.78 is 32.9. The number of hydrogen-bond donors (Lipinski definition) is 2. The molecule has 5 nitrogen and oxygen atoms in total. The predicted molar refractivity (Wildman–Crippen MR) is 97.0 cm³/mol. The number of nitrogens with one attached hydrogen (secondary N) is 1. The van der Waals surface area contributed by atoms with Crippen molar-refractivity contribution in [3.63, 3.8) is 0 Å². The van der Waals surface area contributed by atoms with Crippen LogP contribution in [0, 0.1) is 0 Å². The third kappa shape index (κ3) is 4.39. The van der Waals surface area contributed by atoms with Gasteiger partial charge < -0.3 is 9.84 Å². The molecule has 0 aromatic heterocycles. The van der Waals surface area contributed by atoms with Crippen LogP contribution in [0.1, 0.15) is 25.7 Å². The number of sulfonamides is 1. The maximum absolute atomic E-state index is 12.5. The fourth-order valence-corrected chi connectivity index (χ4v) is 4.40. The average molecular weight is 361 g/mol. The summed E-state index contributed by atoms with van der Waals surface area (Å²) >= 11 is 0. The molecular weight excluding hydrogens is 338 g/mol. The number of rotatable bonds is 5. The molecule has 0 bridgehead atoms. The highest BCUT2D eigenvalue weighted by molar-refractivity contribution is 7.89. The van der Waals surface area contributed by atoms with Gasteiger partial charge in [0.25, 0.3) is 0 Å². The minimum absolute atomic E-state index is 0.102. The third-order valence-corrected chi connectivity index (χ3v) is 6.14. The maximum Gasteiger partial charge on any atom is 0.240 e. The van der Waals surface area contributed by atoms with E-state index >= 15 is 0 Å². The van der Waals surface area contributed by atoms with Crippen LogP contribution in [0.2, 0.25) is 0 Å². The van der Waals surface area contributed by atoms with Crippen molar-refractivity contribution in [3.8, 4) is 16.9 Å². The van der Waals surface area contributed by atoms with Gasteiger partial charge in [0.2, 0.25) is 10.0 Å². The average Bonchev–Trinajstić information content (AvgIpc) is 2.64. The molecule has 0 saturated heterocycles. The molecule has 25 heavy (non-hydrogen) atoms. The fraction of sp³-hybridized carbons (Fsp3) is 0.368. The van der Waals surface area contributed by atoms with Crippen molar-refractivity contribution in [2.45, 2.75) is 42.7 Å². The van der Waals surface area contributed by atoms with Crippen molar-refractivity contribution in [2.75, 3.05) is 7.11 Å². The third-order valence-electron chi connectivity index (χ3n) is 4.61. The standard InChI is InChI=1S/C19H23NO4S/c1-24-18-10-2-14(3-11-18)15-4-12-19(13-5-15)25(22,23)20-16-6-8-17(21)9-7-16/h2-5,10-13,16-17,20-21H,6-9H2,1H3/t16-,17-. The van der Waals surface area contributed by atoms with Crippen molar-refractivity contribution in [2.24, 2.45) is 0 Å². The van der Waals surface area contributed by atoms with Crippen LogP contribution in [-0.2, 0) is 10.0 Å². The Hall–Kier alpha value is -1.89. The van der Waals surface area contributed by atoms with Crippen LogP contribution in [0.15, 0.2) is 53.4 Å². The molecule has 0 heterocycles. The minimum atomic E-state index is -3.54. The van der Waals surface area contributed by atoms with Gasteiger partial charge in [0, 0.05) is 6.04 Å². The zero-order valence-corrected chi connectivity index (χ0v) is 15.0. The number of aliphatic hydroxyl groups excluding tert-OH is 1. The molecule has 2 aromatic carbocycles. The van der Waals surface area contributed by atoms with Crippen molar-refractivity contribution in [3.05, 3.63) is 48.5 Å². The maximum atomic E-state index is 12.5. The molecule has 0 aliphatic heterocycles. The lowest BCUT2D eigenvalue weighted by Gasteiger charge is -2.26. The molecule has 1 saturated carbocycles. The van der Waals surface area contributed by atoms with Crippen LogP contribution in [0.5, 0.6) is 5.75 Å². The van der Waals surface area contributed by atoms with Gasteiger partial charge in [0.1, 0.15) is 5.75 Å². The van der Waals surface area contributed by atoms with Gasteiger partial charge in [-0.05, 0) is 61.1 Å². The van der Waals surface area contributed by atoms with Gasteiger partial charge in [-0.2, -0.15) is 0 Å². The van der Waals surface area contributed by atoms with Gasteiger partial charge in [-0.15, -0.1) is 0 Å².